The molecule has 2 atom stereocenters. The third-order valence-electron chi connectivity index (χ3n) is 5.72. The first-order valence-electron chi connectivity index (χ1n) is 10.1. The van der Waals surface area contributed by atoms with Gasteiger partial charge < -0.3 is 14.5 Å². The fourth-order valence-electron chi connectivity index (χ4n) is 4.26. The molecule has 2 fully saturated rings. The third kappa shape index (κ3) is 4.54. The van der Waals surface area contributed by atoms with Crippen LogP contribution in [0.1, 0.15) is 33.6 Å². The van der Waals surface area contributed by atoms with Crippen LogP contribution in [-0.2, 0) is 4.74 Å². The van der Waals surface area contributed by atoms with Crippen molar-refractivity contribution in [2.24, 2.45) is 17.8 Å². The molecule has 144 valence electrons. The Morgan fingerprint density at radius 3 is 2.07 bits per heavy atom. The third-order valence-corrected chi connectivity index (χ3v) is 5.72. The van der Waals surface area contributed by atoms with Crippen LogP contribution in [0.15, 0.2) is 35.7 Å². The predicted molar refractivity (Wildman–Crippen MR) is 105 cm³/mol. The second-order valence-corrected chi connectivity index (χ2v) is 8.14. The van der Waals surface area contributed by atoms with Crippen LogP contribution < -0.4 is 0 Å². The van der Waals surface area contributed by atoms with E-state index in [1.807, 2.05) is 12.2 Å². The van der Waals surface area contributed by atoms with E-state index in [-0.39, 0.29) is 18.1 Å². The van der Waals surface area contributed by atoms with Crippen molar-refractivity contribution in [2.45, 2.75) is 45.8 Å². The molecule has 0 aromatic rings. The molecule has 0 aromatic carbocycles. The Labute approximate surface area is 163 Å². The van der Waals surface area contributed by atoms with Crippen molar-refractivity contribution in [3.8, 4) is 12.1 Å². The van der Waals surface area contributed by atoms with Crippen molar-refractivity contribution in [2.75, 3.05) is 26.2 Å². The molecular weight excluding hydrogens is 336 g/mol. The second kappa shape index (κ2) is 8.63. The van der Waals surface area contributed by atoms with Crippen LogP contribution in [0.5, 0.6) is 0 Å². The molecule has 27 heavy (non-hydrogen) atoms. The summed E-state index contributed by atoms with van der Waals surface area (Å²) in [5, 5.41) is 18.3. The minimum absolute atomic E-state index is 0.131. The lowest BCUT2D eigenvalue weighted by Gasteiger charge is -2.45. The highest BCUT2D eigenvalue weighted by Gasteiger charge is 2.30. The first-order chi connectivity index (χ1) is 13.0. The molecule has 5 nitrogen and oxygen atoms in total. The van der Waals surface area contributed by atoms with Gasteiger partial charge in [-0.15, -0.1) is 0 Å². The number of nitrogens with zero attached hydrogens (tertiary/aromatic N) is 4. The van der Waals surface area contributed by atoms with Crippen molar-refractivity contribution in [3.05, 3.63) is 35.7 Å². The number of likely N-dealkylation sites (tertiary alicyclic amines) is 1. The quantitative estimate of drug-likeness (QED) is 0.765. The highest BCUT2D eigenvalue weighted by molar-refractivity contribution is 5.40. The molecule has 0 bridgehead atoms. The van der Waals surface area contributed by atoms with Crippen molar-refractivity contribution in [1.82, 2.24) is 9.80 Å². The smallest absolute Gasteiger partial charge is 0.143 e. The van der Waals surface area contributed by atoms with Gasteiger partial charge in [0.25, 0.3) is 0 Å². The molecule has 2 heterocycles. The monoisotopic (exact) mass is 366 g/mol. The number of morpholine rings is 1. The summed E-state index contributed by atoms with van der Waals surface area (Å²) in [5.74, 6) is 1.31. The van der Waals surface area contributed by atoms with E-state index >= 15 is 0 Å². The molecule has 5 heteroatoms. The average Bonchev–Trinajstić information content (AvgIpc) is 2.65. The molecule has 0 aromatic heterocycles. The maximum absolute atomic E-state index is 9.16. The van der Waals surface area contributed by atoms with Gasteiger partial charge in [-0.2, -0.15) is 10.5 Å². The van der Waals surface area contributed by atoms with E-state index in [1.54, 1.807) is 0 Å². The van der Waals surface area contributed by atoms with Crippen LogP contribution in [-0.4, -0.2) is 48.2 Å². The van der Waals surface area contributed by atoms with Crippen LogP contribution in [0.25, 0.3) is 0 Å². The van der Waals surface area contributed by atoms with Gasteiger partial charge in [-0.1, -0.05) is 31.2 Å². The zero-order valence-corrected chi connectivity index (χ0v) is 16.6. The van der Waals surface area contributed by atoms with Crippen molar-refractivity contribution >= 4 is 0 Å². The predicted octanol–water partition coefficient (Wildman–Crippen LogP) is 3.44. The van der Waals surface area contributed by atoms with E-state index in [0.29, 0.717) is 0 Å². The van der Waals surface area contributed by atoms with Gasteiger partial charge >= 0.3 is 0 Å². The molecule has 0 spiro atoms. The Balaban J connectivity index is 1.89. The molecular formula is C22H30N4O. The van der Waals surface area contributed by atoms with E-state index in [0.717, 1.165) is 32.1 Å². The molecule has 3 aliphatic rings. The molecule has 0 amide bonds. The van der Waals surface area contributed by atoms with E-state index in [1.165, 1.54) is 24.2 Å². The Kier molecular flexibility index (Phi) is 6.24. The minimum Gasteiger partial charge on any atom is -0.372 e. The molecule has 0 N–H and O–H groups in total. The van der Waals surface area contributed by atoms with Crippen molar-refractivity contribution < 1.29 is 4.74 Å². The lowest BCUT2D eigenvalue weighted by Crippen LogP contribution is -2.50. The standard InChI is InChI=1S/C22H30N4O/c1-16-8-10-25(11-9-16)22(26-14-17(2)27-18(3)15-26)20-6-4-19(5-7-20)21(12-23)13-24/h4-7,16-19,21H,8-11,14-15H2,1-3H3. The van der Waals surface area contributed by atoms with Gasteiger partial charge in [0.15, 0.2) is 0 Å². The van der Waals surface area contributed by atoms with Crippen molar-refractivity contribution in [1.29, 1.82) is 10.5 Å². The SMILES string of the molecule is CC1CCN(C(=C2C=CC(C(C#N)C#N)C=C2)N2CC(C)OC(C)C2)CC1. The molecule has 0 radical (unpaired) electrons. The lowest BCUT2D eigenvalue weighted by atomic mass is 9.89. The number of allylic oxidation sites excluding steroid dienone is 5. The molecule has 2 unspecified atom stereocenters. The molecule has 0 saturated carbocycles. The number of nitriles is 2. The highest BCUT2D eigenvalue weighted by atomic mass is 16.5. The molecule has 1 aliphatic carbocycles. The summed E-state index contributed by atoms with van der Waals surface area (Å²) >= 11 is 0. The fourth-order valence-corrected chi connectivity index (χ4v) is 4.26. The summed E-state index contributed by atoms with van der Waals surface area (Å²) in [7, 11) is 0. The number of hydrogen-bond donors (Lipinski definition) is 0. The Morgan fingerprint density at radius 1 is 1.00 bits per heavy atom. The Morgan fingerprint density at radius 2 is 1.56 bits per heavy atom. The summed E-state index contributed by atoms with van der Waals surface area (Å²) < 4.78 is 5.94. The Bertz CT molecular complexity index is 663. The van der Waals surface area contributed by atoms with E-state index in [4.69, 9.17) is 15.3 Å². The summed E-state index contributed by atoms with van der Waals surface area (Å²) in [6.07, 6.45) is 11.1. The van der Waals surface area contributed by atoms with Gasteiger partial charge in [-0.25, -0.2) is 0 Å². The molecule has 2 saturated heterocycles. The lowest BCUT2D eigenvalue weighted by molar-refractivity contribution is -0.0667. The van der Waals surface area contributed by atoms with Gasteiger partial charge in [-0.3, -0.25) is 0 Å². The zero-order chi connectivity index (χ0) is 19.4. The van der Waals surface area contributed by atoms with Crippen molar-refractivity contribution in [3.63, 3.8) is 0 Å². The average molecular weight is 367 g/mol. The summed E-state index contributed by atoms with van der Waals surface area (Å²) in [6, 6.07) is 4.18. The van der Waals surface area contributed by atoms with Gasteiger partial charge in [0.2, 0.25) is 0 Å². The maximum atomic E-state index is 9.16. The second-order valence-electron chi connectivity index (χ2n) is 8.14. The minimum atomic E-state index is -0.623. The van der Waals surface area contributed by atoms with Gasteiger partial charge in [0.05, 0.1) is 24.3 Å². The zero-order valence-electron chi connectivity index (χ0n) is 16.6. The normalized spacial score (nSPS) is 29.0. The topological polar surface area (TPSA) is 63.3 Å². The maximum Gasteiger partial charge on any atom is 0.143 e. The molecule has 2 aliphatic heterocycles. The fraction of sp³-hybridized carbons (Fsp3) is 0.636. The summed E-state index contributed by atoms with van der Waals surface area (Å²) in [6.45, 7) is 10.5. The number of hydrogen-bond acceptors (Lipinski definition) is 5. The van der Waals surface area contributed by atoms with Gasteiger partial charge in [-0.05, 0) is 32.6 Å². The van der Waals surface area contributed by atoms with E-state index in [2.05, 4.69) is 54.9 Å². The summed E-state index contributed by atoms with van der Waals surface area (Å²) in [4.78, 5) is 4.98. The van der Waals surface area contributed by atoms with Gasteiger partial charge in [0.1, 0.15) is 11.7 Å². The van der Waals surface area contributed by atoms with Crippen LogP contribution in [0, 0.1) is 40.4 Å². The first kappa shape index (κ1) is 19.5. The van der Waals surface area contributed by atoms with E-state index < -0.39 is 5.92 Å². The molecule has 3 rings (SSSR count). The highest BCUT2D eigenvalue weighted by Crippen LogP contribution is 2.30. The van der Waals surface area contributed by atoms with Crippen LogP contribution in [0.2, 0.25) is 0 Å². The van der Waals surface area contributed by atoms with E-state index in [9.17, 15) is 0 Å². The van der Waals surface area contributed by atoms with Crippen LogP contribution in [0.4, 0.5) is 0 Å². The first-order valence-corrected chi connectivity index (χ1v) is 10.1. The van der Waals surface area contributed by atoms with Crippen LogP contribution in [0.3, 0.4) is 0 Å². The largest absolute Gasteiger partial charge is 0.372 e. The van der Waals surface area contributed by atoms with Crippen LogP contribution >= 0.6 is 0 Å². The number of ether oxygens (including phenoxy) is 1. The number of rotatable bonds is 3. The summed E-state index contributed by atoms with van der Waals surface area (Å²) in [5.41, 5.74) is 1.18. The number of piperidine rings is 1. The Hall–Kier alpha value is -2.24. The van der Waals surface area contributed by atoms with Gasteiger partial charge in [0, 0.05) is 37.7 Å².